The molecule has 1 aliphatic rings. The fourth-order valence-electron chi connectivity index (χ4n) is 2.34. The van der Waals surface area contributed by atoms with E-state index in [1.165, 1.54) is 19.2 Å². The van der Waals surface area contributed by atoms with Gasteiger partial charge in [0.1, 0.15) is 6.10 Å². The third kappa shape index (κ3) is 3.17. The highest BCUT2D eigenvalue weighted by atomic mass is 16.5. The normalized spacial score (nSPS) is 22.8. The molecule has 1 aromatic rings. The van der Waals surface area contributed by atoms with Crippen LogP contribution in [0.15, 0.2) is 18.2 Å². The molecule has 0 heterocycles. The molecule has 0 amide bonds. The molecule has 3 N–H and O–H groups in total. The highest BCUT2D eigenvalue weighted by Crippen LogP contribution is 2.31. The molecule has 0 aromatic heterocycles. The number of nitrogens with two attached hydrogens (primary N) is 1. The second-order valence-corrected chi connectivity index (χ2v) is 4.78. The minimum absolute atomic E-state index is 0.00746. The summed E-state index contributed by atoms with van der Waals surface area (Å²) in [5.41, 5.74) is 6.21. The summed E-state index contributed by atoms with van der Waals surface area (Å²) < 4.78 is 11.1. The minimum atomic E-state index is -0.986. The van der Waals surface area contributed by atoms with Crippen LogP contribution in [0.5, 0.6) is 11.5 Å². The molecule has 5 nitrogen and oxygen atoms in total. The van der Waals surface area contributed by atoms with Crippen LogP contribution in [0.2, 0.25) is 0 Å². The van der Waals surface area contributed by atoms with Crippen molar-refractivity contribution in [3.63, 3.8) is 0 Å². The summed E-state index contributed by atoms with van der Waals surface area (Å²) in [7, 11) is 1.53. The first-order chi connectivity index (χ1) is 9.11. The van der Waals surface area contributed by atoms with Crippen molar-refractivity contribution in [2.45, 2.75) is 37.8 Å². The van der Waals surface area contributed by atoms with Gasteiger partial charge in [-0.2, -0.15) is 0 Å². The summed E-state index contributed by atoms with van der Waals surface area (Å²) in [6, 6.07) is 4.58. The summed E-state index contributed by atoms with van der Waals surface area (Å²) >= 11 is 0. The Bertz CT molecular complexity index is 461. The summed E-state index contributed by atoms with van der Waals surface area (Å²) in [5, 5.41) is 9.01. The summed E-state index contributed by atoms with van der Waals surface area (Å²) in [4.78, 5) is 11.0. The van der Waals surface area contributed by atoms with Gasteiger partial charge in [0.2, 0.25) is 0 Å². The predicted octanol–water partition coefficient (Wildman–Crippen LogP) is 2.04. The van der Waals surface area contributed by atoms with Crippen molar-refractivity contribution < 1.29 is 19.4 Å². The molecule has 1 aromatic carbocycles. The Balaban J connectivity index is 2.21. The van der Waals surface area contributed by atoms with Crippen LogP contribution in [0.3, 0.4) is 0 Å². The maximum Gasteiger partial charge on any atom is 0.335 e. The van der Waals surface area contributed by atoms with Crippen LogP contribution in [-0.2, 0) is 0 Å². The number of methoxy groups -OCH3 is 1. The van der Waals surface area contributed by atoms with E-state index in [4.69, 9.17) is 20.3 Å². The van der Waals surface area contributed by atoms with Gasteiger partial charge in [0, 0.05) is 6.04 Å². The molecule has 0 aliphatic heterocycles. The zero-order valence-corrected chi connectivity index (χ0v) is 11.0. The fourth-order valence-corrected chi connectivity index (χ4v) is 2.34. The van der Waals surface area contributed by atoms with Gasteiger partial charge in [-0.1, -0.05) is 6.42 Å². The van der Waals surface area contributed by atoms with E-state index in [1.54, 1.807) is 6.07 Å². The Morgan fingerprint density at radius 1 is 1.32 bits per heavy atom. The molecular formula is C14H19NO4. The Kier molecular flexibility index (Phi) is 4.27. The number of ether oxygens (including phenoxy) is 2. The molecule has 104 valence electrons. The van der Waals surface area contributed by atoms with Crippen molar-refractivity contribution in [2.75, 3.05) is 7.11 Å². The lowest BCUT2D eigenvalue weighted by Gasteiger charge is -2.29. The zero-order valence-electron chi connectivity index (χ0n) is 11.0. The number of carboxylic acid groups (broad SMARTS) is 1. The standard InChI is InChI=1S/C14H19NO4/c1-18-12-7-6-9(14(16)17)8-13(12)19-11-5-3-2-4-10(11)15/h6-8,10-11H,2-5,15H2,1H3,(H,16,17). The topological polar surface area (TPSA) is 81.8 Å². The lowest BCUT2D eigenvalue weighted by atomic mass is 9.93. The van der Waals surface area contributed by atoms with Crippen LogP contribution in [0.1, 0.15) is 36.0 Å². The van der Waals surface area contributed by atoms with Crippen LogP contribution in [-0.4, -0.2) is 30.3 Å². The van der Waals surface area contributed by atoms with Crippen LogP contribution < -0.4 is 15.2 Å². The molecule has 2 rings (SSSR count). The van der Waals surface area contributed by atoms with E-state index in [0.29, 0.717) is 11.5 Å². The largest absolute Gasteiger partial charge is 0.493 e. The molecule has 0 radical (unpaired) electrons. The first kappa shape index (κ1) is 13.7. The van der Waals surface area contributed by atoms with Gasteiger partial charge >= 0.3 is 5.97 Å². The van der Waals surface area contributed by atoms with E-state index >= 15 is 0 Å². The maximum absolute atomic E-state index is 11.0. The van der Waals surface area contributed by atoms with Crippen molar-refractivity contribution in [2.24, 2.45) is 5.73 Å². The quantitative estimate of drug-likeness (QED) is 0.870. The van der Waals surface area contributed by atoms with Gasteiger partial charge in [-0.25, -0.2) is 4.79 Å². The van der Waals surface area contributed by atoms with Crippen LogP contribution in [0, 0.1) is 0 Å². The van der Waals surface area contributed by atoms with E-state index in [1.807, 2.05) is 0 Å². The molecule has 1 fully saturated rings. The molecule has 0 saturated heterocycles. The van der Waals surface area contributed by atoms with Gasteiger partial charge < -0.3 is 20.3 Å². The first-order valence-electron chi connectivity index (χ1n) is 6.45. The summed E-state index contributed by atoms with van der Waals surface area (Å²) in [6.07, 6.45) is 3.95. The van der Waals surface area contributed by atoms with Crippen molar-refractivity contribution in [1.29, 1.82) is 0 Å². The van der Waals surface area contributed by atoms with E-state index < -0.39 is 5.97 Å². The molecule has 19 heavy (non-hydrogen) atoms. The van der Waals surface area contributed by atoms with E-state index in [0.717, 1.165) is 25.7 Å². The number of hydrogen-bond donors (Lipinski definition) is 2. The van der Waals surface area contributed by atoms with Crippen LogP contribution in [0.25, 0.3) is 0 Å². The average molecular weight is 265 g/mol. The number of carboxylic acids is 1. The zero-order chi connectivity index (χ0) is 13.8. The monoisotopic (exact) mass is 265 g/mol. The van der Waals surface area contributed by atoms with Gasteiger partial charge in [0.15, 0.2) is 11.5 Å². The first-order valence-corrected chi connectivity index (χ1v) is 6.45. The Morgan fingerprint density at radius 3 is 2.68 bits per heavy atom. The molecule has 0 bridgehead atoms. The lowest BCUT2D eigenvalue weighted by Crippen LogP contribution is -2.41. The van der Waals surface area contributed by atoms with Crippen molar-refractivity contribution in [1.82, 2.24) is 0 Å². The van der Waals surface area contributed by atoms with E-state index in [2.05, 4.69) is 0 Å². The van der Waals surface area contributed by atoms with Crippen LogP contribution >= 0.6 is 0 Å². The van der Waals surface area contributed by atoms with E-state index in [9.17, 15) is 4.79 Å². The molecule has 5 heteroatoms. The van der Waals surface area contributed by atoms with Gasteiger partial charge in [0.05, 0.1) is 12.7 Å². The third-order valence-electron chi connectivity index (χ3n) is 3.44. The van der Waals surface area contributed by atoms with Gasteiger partial charge in [-0.15, -0.1) is 0 Å². The highest BCUT2D eigenvalue weighted by molar-refractivity contribution is 5.88. The van der Waals surface area contributed by atoms with Gasteiger partial charge in [-0.05, 0) is 37.5 Å². The van der Waals surface area contributed by atoms with Crippen molar-refractivity contribution in [3.8, 4) is 11.5 Å². The molecule has 2 unspecified atom stereocenters. The Labute approximate surface area is 112 Å². The molecule has 2 atom stereocenters. The molecule has 1 aliphatic carbocycles. The van der Waals surface area contributed by atoms with Crippen molar-refractivity contribution >= 4 is 5.97 Å². The molecule has 0 spiro atoms. The maximum atomic E-state index is 11.0. The second kappa shape index (κ2) is 5.93. The fraction of sp³-hybridized carbons (Fsp3) is 0.500. The predicted molar refractivity (Wildman–Crippen MR) is 70.8 cm³/mol. The average Bonchev–Trinajstić information content (AvgIpc) is 2.41. The number of hydrogen-bond acceptors (Lipinski definition) is 4. The Morgan fingerprint density at radius 2 is 2.05 bits per heavy atom. The lowest BCUT2D eigenvalue weighted by molar-refractivity contribution is 0.0695. The molecular weight excluding hydrogens is 246 g/mol. The number of rotatable bonds is 4. The summed E-state index contributed by atoms with van der Waals surface area (Å²) in [6.45, 7) is 0. The van der Waals surface area contributed by atoms with Crippen molar-refractivity contribution in [3.05, 3.63) is 23.8 Å². The smallest absolute Gasteiger partial charge is 0.335 e. The van der Waals surface area contributed by atoms with E-state index in [-0.39, 0.29) is 17.7 Å². The number of aromatic carboxylic acids is 1. The minimum Gasteiger partial charge on any atom is -0.493 e. The molecule has 1 saturated carbocycles. The highest BCUT2D eigenvalue weighted by Gasteiger charge is 2.24. The Hall–Kier alpha value is -1.75. The SMILES string of the molecule is COc1ccc(C(=O)O)cc1OC1CCCCC1N. The summed E-state index contributed by atoms with van der Waals surface area (Å²) in [5.74, 6) is -0.00651. The third-order valence-corrected chi connectivity index (χ3v) is 3.44. The van der Waals surface area contributed by atoms with Gasteiger partial charge in [-0.3, -0.25) is 0 Å². The number of benzene rings is 1. The number of carbonyl (C=O) groups is 1. The second-order valence-electron chi connectivity index (χ2n) is 4.78. The van der Waals surface area contributed by atoms with Gasteiger partial charge in [0.25, 0.3) is 0 Å². The van der Waals surface area contributed by atoms with Crippen LogP contribution in [0.4, 0.5) is 0 Å².